The van der Waals surface area contributed by atoms with Crippen LogP contribution in [0.1, 0.15) is 29.2 Å². The number of rotatable bonds is 4. The number of ether oxygens (including phenoxy) is 1. The Balaban J connectivity index is 2.39. The minimum atomic E-state index is -0.779. The second-order valence-corrected chi connectivity index (χ2v) is 4.82. The smallest absolute Gasteiger partial charge is 0.325 e. The molecular weight excluding hydrogens is 230 g/mol. The van der Waals surface area contributed by atoms with Gasteiger partial charge in [-0.1, -0.05) is 12.1 Å². The molecule has 1 saturated heterocycles. The minimum Gasteiger partial charge on any atom is -0.496 e. The fourth-order valence-electron chi connectivity index (χ4n) is 2.57. The fraction of sp³-hybridized carbons (Fsp3) is 0.500. The average molecular weight is 249 g/mol. The number of carboxylic acids is 1. The van der Waals surface area contributed by atoms with Crippen LogP contribution in [0.2, 0.25) is 0 Å². The van der Waals surface area contributed by atoms with Gasteiger partial charge in [-0.2, -0.15) is 0 Å². The third-order valence-corrected chi connectivity index (χ3v) is 3.49. The first kappa shape index (κ1) is 12.9. The highest BCUT2D eigenvalue weighted by Gasteiger charge is 2.31. The number of likely N-dealkylation sites (tertiary alicyclic amines) is 1. The molecule has 0 unspecified atom stereocenters. The van der Waals surface area contributed by atoms with E-state index in [0.717, 1.165) is 42.0 Å². The van der Waals surface area contributed by atoms with Gasteiger partial charge in [0.05, 0.1) is 7.11 Å². The van der Waals surface area contributed by atoms with Crippen LogP contribution in [0.25, 0.3) is 0 Å². The van der Waals surface area contributed by atoms with Gasteiger partial charge < -0.3 is 9.84 Å². The van der Waals surface area contributed by atoms with E-state index in [1.54, 1.807) is 7.11 Å². The summed E-state index contributed by atoms with van der Waals surface area (Å²) in [4.78, 5) is 13.4. The van der Waals surface area contributed by atoms with E-state index in [9.17, 15) is 9.90 Å². The Bertz CT molecular complexity index is 443. The fourth-order valence-corrected chi connectivity index (χ4v) is 2.57. The maximum Gasteiger partial charge on any atom is 0.325 e. The zero-order valence-corrected chi connectivity index (χ0v) is 11.1. The van der Waals surface area contributed by atoms with E-state index >= 15 is 0 Å². The molecule has 0 aliphatic carbocycles. The van der Waals surface area contributed by atoms with Gasteiger partial charge >= 0.3 is 5.97 Å². The highest BCUT2D eigenvalue weighted by Crippen LogP contribution is 2.31. The number of benzene rings is 1. The molecule has 0 amide bonds. The number of hydrogen-bond donors (Lipinski definition) is 1. The molecule has 2 rings (SSSR count). The molecule has 1 aliphatic heterocycles. The lowest BCUT2D eigenvalue weighted by molar-refractivity contribution is -0.145. The molecule has 4 heteroatoms. The standard InChI is InChI=1S/C14H19NO3/c1-9-7-11(8-10(2)13(9)18-3)12(14(16)17)15-5-4-6-15/h7-8,12H,4-6H2,1-3H3,(H,16,17)/t12-/m1/s1. The number of aryl methyl sites for hydroxylation is 2. The van der Waals surface area contributed by atoms with Crippen LogP contribution in [-0.4, -0.2) is 36.2 Å². The molecule has 98 valence electrons. The first-order valence-corrected chi connectivity index (χ1v) is 6.16. The molecule has 1 aliphatic rings. The van der Waals surface area contributed by atoms with E-state index in [2.05, 4.69) is 0 Å². The third-order valence-electron chi connectivity index (χ3n) is 3.49. The molecule has 0 radical (unpaired) electrons. The van der Waals surface area contributed by atoms with Crippen LogP contribution in [0, 0.1) is 13.8 Å². The van der Waals surface area contributed by atoms with Gasteiger partial charge in [0, 0.05) is 13.1 Å². The zero-order chi connectivity index (χ0) is 13.3. The van der Waals surface area contributed by atoms with Crippen molar-refractivity contribution in [1.29, 1.82) is 0 Å². The van der Waals surface area contributed by atoms with Crippen LogP contribution < -0.4 is 4.74 Å². The second kappa shape index (κ2) is 4.98. The topological polar surface area (TPSA) is 49.8 Å². The van der Waals surface area contributed by atoms with Crippen LogP contribution in [0.3, 0.4) is 0 Å². The van der Waals surface area contributed by atoms with Crippen molar-refractivity contribution in [2.45, 2.75) is 26.3 Å². The lowest BCUT2D eigenvalue weighted by Crippen LogP contribution is -2.43. The van der Waals surface area contributed by atoms with Crippen molar-refractivity contribution in [2.75, 3.05) is 20.2 Å². The van der Waals surface area contributed by atoms with E-state index < -0.39 is 12.0 Å². The van der Waals surface area contributed by atoms with E-state index in [4.69, 9.17) is 4.74 Å². The van der Waals surface area contributed by atoms with Gasteiger partial charge in [-0.25, -0.2) is 0 Å². The number of nitrogens with zero attached hydrogens (tertiary/aromatic N) is 1. The Labute approximate surface area is 107 Å². The Hall–Kier alpha value is -1.55. The number of methoxy groups -OCH3 is 1. The van der Waals surface area contributed by atoms with Crippen LogP contribution in [0.5, 0.6) is 5.75 Å². The summed E-state index contributed by atoms with van der Waals surface area (Å²) in [5, 5.41) is 9.40. The predicted octanol–water partition coefficient (Wildman–Crippen LogP) is 2.14. The average Bonchev–Trinajstić information content (AvgIpc) is 2.22. The number of carboxylic acid groups (broad SMARTS) is 1. The van der Waals surface area contributed by atoms with E-state index in [1.165, 1.54) is 0 Å². The van der Waals surface area contributed by atoms with E-state index in [-0.39, 0.29) is 0 Å². The van der Waals surface area contributed by atoms with Crippen molar-refractivity contribution >= 4 is 5.97 Å². The maximum absolute atomic E-state index is 11.4. The second-order valence-electron chi connectivity index (χ2n) is 4.82. The van der Waals surface area contributed by atoms with Crippen LogP contribution in [0.4, 0.5) is 0 Å². The minimum absolute atomic E-state index is 0.526. The van der Waals surface area contributed by atoms with Crippen molar-refractivity contribution < 1.29 is 14.6 Å². The van der Waals surface area contributed by atoms with Crippen molar-refractivity contribution in [3.05, 3.63) is 28.8 Å². The Morgan fingerprint density at radius 1 is 1.33 bits per heavy atom. The predicted molar refractivity (Wildman–Crippen MR) is 69.0 cm³/mol. The molecular formula is C14H19NO3. The summed E-state index contributed by atoms with van der Waals surface area (Å²) in [6.45, 7) is 5.62. The van der Waals surface area contributed by atoms with Gasteiger partial charge in [0.1, 0.15) is 11.8 Å². The molecule has 0 aromatic heterocycles. The van der Waals surface area contributed by atoms with Gasteiger partial charge in [0.25, 0.3) is 0 Å². The molecule has 1 atom stereocenters. The molecule has 0 spiro atoms. The summed E-state index contributed by atoms with van der Waals surface area (Å²) in [5.41, 5.74) is 2.82. The molecule has 1 N–H and O–H groups in total. The van der Waals surface area contributed by atoms with Crippen LogP contribution >= 0.6 is 0 Å². The summed E-state index contributed by atoms with van der Waals surface area (Å²) in [5.74, 6) is 0.0603. The van der Waals surface area contributed by atoms with Crippen molar-refractivity contribution in [1.82, 2.24) is 4.90 Å². The number of hydrogen-bond acceptors (Lipinski definition) is 3. The molecule has 1 aromatic carbocycles. The molecule has 0 bridgehead atoms. The monoisotopic (exact) mass is 249 g/mol. The van der Waals surface area contributed by atoms with Gasteiger partial charge in [0.2, 0.25) is 0 Å². The van der Waals surface area contributed by atoms with Gasteiger partial charge in [-0.05, 0) is 37.0 Å². The Morgan fingerprint density at radius 3 is 2.22 bits per heavy atom. The lowest BCUT2D eigenvalue weighted by atomic mass is 9.97. The van der Waals surface area contributed by atoms with Gasteiger partial charge in [-0.3, -0.25) is 9.69 Å². The normalized spacial score (nSPS) is 17.1. The number of carbonyl (C=O) groups is 1. The molecule has 0 saturated carbocycles. The van der Waals surface area contributed by atoms with E-state index in [1.807, 2.05) is 30.9 Å². The van der Waals surface area contributed by atoms with Crippen molar-refractivity contribution in [3.8, 4) is 5.75 Å². The summed E-state index contributed by atoms with van der Waals surface area (Å²) < 4.78 is 5.31. The largest absolute Gasteiger partial charge is 0.496 e. The van der Waals surface area contributed by atoms with E-state index in [0.29, 0.717) is 0 Å². The molecule has 18 heavy (non-hydrogen) atoms. The van der Waals surface area contributed by atoms with Gasteiger partial charge in [-0.15, -0.1) is 0 Å². The van der Waals surface area contributed by atoms with Gasteiger partial charge in [0.15, 0.2) is 0 Å². The quantitative estimate of drug-likeness (QED) is 0.888. The first-order valence-electron chi connectivity index (χ1n) is 6.16. The first-order chi connectivity index (χ1) is 8.54. The summed E-state index contributed by atoms with van der Waals surface area (Å²) in [6, 6.07) is 3.31. The molecule has 1 aromatic rings. The SMILES string of the molecule is COc1c(C)cc([C@H](C(=O)O)N2CCC2)cc1C. The summed E-state index contributed by atoms with van der Waals surface area (Å²) in [7, 11) is 1.64. The Morgan fingerprint density at radius 2 is 1.89 bits per heavy atom. The van der Waals surface area contributed by atoms with Crippen molar-refractivity contribution in [2.24, 2.45) is 0 Å². The highest BCUT2D eigenvalue weighted by atomic mass is 16.5. The lowest BCUT2D eigenvalue weighted by Gasteiger charge is -2.36. The molecule has 1 heterocycles. The zero-order valence-electron chi connectivity index (χ0n) is 11.1. The summed E-state index contributed by atoms with van der Waals surface area (Å²) >= 11 is 0. The Kier molecular flexibility index (Phi) is 3.57. The molecule has 4 nitrogen and oxygen atoms in total. The third kappa shape index (κ3) is 2.20. The van der Waals surface area contributed by atoms with Crippen molar-refractivity contribution in [3.63, 3.8) is 0 Å². The van der Waals surface area contributed by atoms with Crippen LogP contribution in [-0.2, 0) is 4.79 Å². The number of aliphatic carboxylic acids is 1. The highest BCUT2D eigenvalue weighted by molar-refractivity contribution is 5.76. The summed E-state index contributed by atoms with van der Waals surface area (Å²) in [6.07, 6.45) is 1.08. The van der Waals surface area contributed by atoms with Crippen LogP contribution in [0.15, 0.2) is 12.1 Å². The maximum atomic E-state index is 11.4. The molecule has 1 fully saturated rings.